The van der Waals surface area contributed by atoms with Gasteiger partial charge in [0.1, 0.15) is 0 Å². The van der Waals surface area contributed by atoms with Gasteiger partial charge in [0.05, 0.1) is 10.9 Å². The first kappa shape index (κ1) is 27.5. The highest BCUT2D eigenvalue weighted by molar-refractivity contribution is 8.01. The zero-order valence-electron chi connectivity index (χ0n) is 23.6. The van der Waals surface area contributed by atoms with Crippen LogP contribution in [-0.2, 0) is 4.75 Å². The summed E-state index contributed by atoms with van der Waals surface area (Å²) in [6.45, 7) is 2.04. The Hall–Kier alpha value is -3.63. The number of thioether (sulfide) groups is 1. The molecule has 1 heterocycles. The summed E-state index contributed by atoms with van der Waals surface area (Å²) in [5.74, 6) is 0.319. The molecule has 1 aliphatic rings. The molecule has 0 spiro atoms. The van der Waals surface area contributed by atoms with Crippen molar-refractivity contribution in [2.45, 2.75) is 28.5 Å². The van der Waals surface area contributed by atoms with Gasteiger partial charge in [-0.1, -0.05) is 152 Å². The molecule has 5 aromatic carbocycles. The van der Waals surface area contributed by atoms with Crippen molar-refractivity contribution >= 4 is 11.8 Å². The van der Waals surface area contributed by atoms with Crippen LogP contribution in [0.3, 0.4) is 0 Å². The van der Waals surface area contributed by atoms with E-state index in [-0.39, 0.29) is 10.9 Å². The first-order valence-corrected chi connectivity index (χ1v) is 15.5. The highest BCUT2D eigenvalue weighted by Gasteiger charge is 2.44. The first-order valence-electron chi connectivity index (χ1n) is 14.6. The molecule has 0 radical (unpaired) electrons. The summed E-state index contributed by atoms with van der Waals surface area (Å²) in [6.07, 6.45) is 1.38. The van der Waals surface area contributed by atoms with Gasteiger partial charge in [-0.05, 0) is 41.3 Å². The minimum atomic E-state index is -0.322. The van der Waals surface area contributed by atoms with Crippen molar-refractivity contribution in [1.29, 1.82) is 0 Å². The third-order valence-corrected chi connectivity index (χ3v) is 10.3. The standard InChI is InChI=1S/C38H38N2S/c1-39-37-36(27-28-40(37)29-35(30-17-7-2-8-18-30)31-19-9-3-10-20-31)41-38(32-21-11-4-12-22-32,33-23-13-5-14-24-33)34-25-15-6-16-26-34/h2-26,35-37,39H,27-29H2,1H3. The molecule has 1 saturated heterocycles. The number of rotatable bonds is 10. The van der Waals surface area contributed by atoms with Crippen molar-refractivity contribution in [2.75, 3.05) is 20.1 Å². The molecule has 0 amide bonds. The fourth-order valence-corrected chi connectivity index (χ4v) is 8.41. The lowest BCUT2D eigenvalue weighted by Gasteiger charge is -2.40. The number of likely N-dealkylation sites (tertiary alicyclic amines) is 1. The highest BCUT2D eigenvalue weighted by Crippen LogP contribution is 2.52. The summed E-state index contributed by atoms with van der Waals surface area (Å²) < 4.78 is -0.322. The van der Waals surface area contributed by atoms with E-state index in [2.05, 4.69) is 181 Å². The van der Waals surface area contributed by atoms with Gasteiger partial charge in [0.25, 0.3) is 0 Å². The van der Waals surface area contributed by atoms with E-state index in [0.717, 1.165) is 19.5 Å². The molecular weight excluding hydrogens is 516 g/mol. The van der Waals surface area contributed by atoms with Crippen LogP contribution in [0.5, 0.6) is 0 Å². The molecule has 0 bridgehead atoms. The molecule has 5 aromatic rings. The van der Waals surface area contributed by atoms with Gasteiger partial charge >= 0.3 is 0 Å². The van der Waals surface area contributed by atoms with Crippen molar-refractivity contribution in [2.24, 2.45) is 0 Å². The maximum Gasteiger partial charge on any atom is 0.0910 e. The lowest BCUT2D eigenvalue weighted by molar-refractivity contribution is 0.224. The third kappa shape index (κ3) is 5.76. The summed E-state index contributed by atoms with van der Waals surface area (Å²) in [7, 11) is 2.13. The van der Waals surface area contributed by atoms with E-state index in [1.54, 1.807) is 0 Å². The number of hydrogen-bond donors (Lipinski definition) is 1. The normalized spacial score (nSPS) is 17.6. The van der Waals surface area contributed by atoms with Crippen molar-refractivity contribution in [3.8, 4) is 0 Å². The Morgan fingerprint density at radius 2 is 1.02 bits per heavy atom. The quantitative estimate of drug-likeness (QED) is 0.175. The molecule has 0 saturated carbocycles. The second kappa shape index (κ2) is 12.9. The van der Waals surface area contributed by atoms with Gasteiger partial charge in [-0.25, -0.2) is 0 Å². The van der Waals surface area contributed by atoms with Crippen LogP contribution in [0.4, 0.5) is 0 Å². The van der Waals surface area contributed by atoms with Gasteiger partial charge in [0.15, 0.2) is 0 Å². The van der Waals surface area contributed by atoms with Gasteiger partial charge in [-0.15, -0.1) is 11.8 Å². The fraction of sp³-hybridized carbons (Fsp3) is 0.211. The molecule has 1 fully saturated rings. The number of hydrogen-bond acceptors (Lipinski definition) is 3. The van der Waals surface area contributed by atoms with Gasteiger partial charge < -0.3 is 5.32 Å². The third-order valence-electron chi connectivity index (χ3n) is 8.43. The predicted octanol–water partition coefficient (Wildman–Crippen LogP) is 8.16. The molecule has 0 aromatic heterocycles. The Bertz CT molecular complexity index is 1340. The van der Waals surface area contributed by atoms with Crippen molar-refractivity contribution in [3.05, 3.63) is 179 Å². The summed E-state index contributed by atoms with van der Waals surface area (Å²) >= 11 is 2.11. The van der Waals surface area contributed by atoms with Gasteiger partial charge in [0.2, 0.25) is 0 Å². The molecule has 6 rings (SSSR count). The smallest absolute Gasteiger partial charge is 0.0910 e. The van der Waals surface area contributed by atoms with E-state index < -0.39 is 0 Å². The Morgan fingerprint density at radius 1 is 0.634 bits per heavy atom. The molecule has 3 heteroatoms. The van der Waals surface area contributed by atoms with Crippen LogP contribution in [0.25, 0.3) is 0 Å². The average molecular weight is 555 g/mol. The van der Waals surface area contributed by atoms with Crippen LogP contribution >= 0.6 is 11.8 Å². The molecular formula is C38H38N2S. The fourth-order valence-electron chi connectivity index (χ4n) is 6.48. The van der Waals surface area contributed by atoms with Crippen molar-refractivity contribution in [3.63, 3.8) is 0 Å². The van der Waals surface area contributed by atoms with Crippen LogP contribution in [0.15, 0.2) is 152 Å². The van der Waals surface area contributed by atoms with Crippen LogP contribution in [-0.4, -0.2) is 36.5 Å². The Morgan fingerprint density at radius 3 is 1.41 bits per heavy atom. The monoisotopic (exact) mass is 554 g/mol. The first-order chi connectivity index (χ1) is 20.3. The molecule has 1 N–H and O–H groups in total. The highest BCUT2D eigenvalue weighted by atomic mass is 32.2. The van der Waals surface area contributed by atoms with E-state index in [1.165, 1.54) is 27.8 Å². The molecule has 0 aliphatic carbocycles. The number of nitrogens with one attached hydrogen (secondary N) is 1. The van der Waals surface area contributed by atoms with Gasteiger partial charge in [0, 0.05) is 24.3 Å². The van der Waals surface area contributed by atoms with E-state index in [4.69, 9.17) is 0 Å². The Balaban J connectivity index is 1.37. The molecule has 2 nitrogen and oxygen atoms in total. The average Bonchev–Trinajstić information content (AvgIpc) is 3.45. The minimum Gasteiger partial charge on any atom is -0.304 e. The van der Waals surface area contributed by atoms with E-state index in [9.17, 15) is 0 Å². The molecule has 206 valence electrons. The van der Waals surface area contributed by atoms with Crippen LogP contribution in [0.1, 0.15) is 40.2 Å². The molecule has 1 aliphatic heterocycles. The second-order valence-electron chi connectivity index (χ2n) is 10.8. The number of nitrogens with zero attached hydrogens (tertiary/aromatic N) is 1. The number of benzene rings is 5. The zero-order chi connectivity index (χ0) is 27.9. The topological polar surface area (TPSA) is 15.3 Å². The van der Waals surface area contributed by atoms with Gasteiger partial charge in [-0.2, -0.15) is 0 Å². The molecule has 2 atom stereocenters. The van der Waals surface area contributed by atoms with Gasteiger partial charge in [-0.3, -0.25) is 4.90 Å². The molecule has 2 unspecified atom stereocenters. The van der Waals surface area contributed by atoms with Crippen molar-refractivity contribution < 1.29 is 0 Å². The minimum absolute atomic E-state index is 0.255. The van der Waals surface area contributed by atoms with E-state index >= 15 is 0 Å². The van der Waals surface area contributed by atoms with E-state index in [1.807, 2.05) is 0 Å². The summed E-state index contributed by atoms with van der Waals surface area (Å²) in [5, 5.41) is 4.15. The maximum absolute atomic E-state index is 3.75. The largest absolute Gasteiger partial charge is 0.304 e. The Labute approximate surface area is 249 Å². The summed E-state index contributed by atoms with van der Waals surface area (Å²) in [4.78, 5) is 2.67. The van der Waals surface area contributed by atoms with E-state index in [0.29, 0.717) is 11.2 Å². The second-order valence-corrected chi connectivity index (χ2v) is 12.3. The van der Waals surface area contributed by atoms with Crippen LogP contribution in [0, 0.1) is 0 Å². The van der Waals surface area contributed by atoms with Crippen LogP contribution < -0.4 is 5.32 Å². The Kier molecular flexibility index (Phi) is 8.67. The lowest BCUT2D eigenvalue weighted by atomic mass is 9.84. The summed E-state index contributed by atoms with van der Waals surface area (Å²) in [5.41, 5.74) is 6.71. The van der Waals surface area contributed by atoms with Crippen LogP contribution in [0.2, 0.25) is 0 Å². The molecule has 41 heavy (non-hydrogen) atoms. The SMILES string of the molecule is CNC1C(SC(c2ccccc2)(c2ccccc2)c2ccccc2)CCN1CC(c1ccccc1)c1ccccc1. The lowest BCUT2D eigenvalue weighted by Crippen LogP contribution is -2.47. The van der Waals surface area contributed by atoms with Crippen molar-refractivity contribution in [1.82, 2.24) is 10.2 Å². The predicted molar refractivity (Wildman–Crippen MR) is 174 cm³/mol. The maximum atomic E-state index is 3.75. The zero-order valence-corrected chi connectivity index (χ0v) is 24.5. The summed E-state index contributed by atoms with van der Waals surface area (Å²) in [6, 6.07) is 55.2.